The highest BCUT2D eigenvalue weighted by molar-refractivity contribution is 6.30. The van der Waals surface area contributed by atoms with Crippen molar-refractivity contribution in [2.45, 2.75) is 27.0 Å². The van der Waals surface area contributed by atoms with Crippen molar-refractivity contribution in [2.75, 3.05) is 20.2 Å². The van der Waals surface area contributed by atoms with E-state index in [2.05, 4.69) is 25.1 Å². The zero-order chi connectivity index (χ0) is 18.8. The lowest BCUT2D eigenvalue weighted by atomic mass is 10.2. The molecular formula is C16H22ClF2N3O3. The van der Waals surface area contributed by atoms with E-state index in [1.165, 1.54) is 25.3 Å². The van der Waals surface area contributed by atoms with E-state index >= 15 is 0 Å². The molecule has 1 rings (SSSR count). The highest BCUT2D eigenvalue weighted by Crippen LogP contribution is 2.25. The summed E-state index contributed by atoms with van der Waals surface area (Å²) >= 11 is 5.91. The molecule has 0 aliphatic rings. The molecule has 2 N–H and O–H groups in total. The molecule has 6 nitrogen and oxygen atoms in total. The van der Waals surface area contributed by atoms with Crippen molar-refractivity contribution in [3.05, 3.63) is 28.8 Å². The highest BCUT2D eigenvalue weighted by Gasteiger charge is 2.14. The Bertz CT molecular complexity index is 600. The first kappa shape index (κ1) is 21.0. The van der Waals surface area contributed by atoms with E-state index < -0.39 is 6.61 Å². The van der Waals surface area contributed by atoms with E-state index in [0.29, 0.717) is 29.6 Å². The Morgan fingerprint density at radius 2 is 2.08 bits per heavy atom. The number of nitrogens with zero attached hydrogens (tertiary/aromatic N) is 1. The van der Waals surface area contributed by atoms with Crippen LogP contribution in [0.3, 0.4) is 0 Å². The lowest BCUT2D eigenvalue weighted by Gasteiger charge is -2.15. The summed E-state index contributed by atoms with van der Waals surface area (Å²) < 4.78 is 34.1. The normalized spacial score (nSPS) is 12.7. The molecular weight excluding hydrogens is 356 g/mol. The number of hydrogen-bond donors (Lipinski definition) is 2. The summed E-state index contributed by atoms with van der Waals surface area (Å²) in [6, 6.07) is 4.36. The zero-order valence-corrected chi connectivity index (χ0v) is 15.1. The van der Waals surface area contributed by atoms with Crippen molar-refractivity contribution in [1.82, 2.24) is 10.6 Å². The standard InChI is InChI=1S/C16H22ClF2N3O3/c1-4-20-16(21-8-10(2)14(23)24-3)22-9-11-7-12(17)5-6-13(11)25-15(18)19/h5-7,10,15H,4,8-9H2,1-3H3,(H2,20,21,22). The van der Waals surface area contributed by atoms with Gasteiger partial charge in [-0.3, -0.25) is 4.79 Å². The van der Waals surface area contributed by atoms with Gasteiger partial charge in [0.2, 0.25) is 0 Å². The van der Waals surface area contributed by atoms with E-state index in [0.717, 1.165) is 0 Å². The van der Waals surface area contributed by atoms with Gasteiger partial charge < -0.3 is 20.1 Å². The number of methoxy groups -OCH3 is 1. The van der Waals surface area contributed by atoms with Crippen LogP contribution in [-0.2, 0) is 16.1 Å². The highest BCUT2D eigenvalue weighted by atomic mass is 35.5. The largest absolute Gasteiger partial charge is 0.469 e. The summed E-state index contributed by atoms with van der Waals surface area (Å²) in [7, 11) is 1.32. The number of guanidine groups is 1. The van der Waals surface area contributed by atoms with E-state index in [1.807, 2.05) is 6.92 Å². The molecule has 1 aromatic carbocycles. The summed E-state index contributed by atoms with van der Waals surface area (Å²) in [5.74, 6) is -0.258. The van der Waals surface area contributed by atoms with E-state index in [4.69, 9.17) is 11.6 Å². The molecule has 0 aliphatic carbocycles. The molecule has 9 heteroatoms. The molecule has 0 saturated carbocycles. The lowest BCUT2D eigenvalue weighted by molar-refractivity contribution is -0.144. The second kappa shape index (κ2) is 10.7. The Hall–Kier alpha value is -2.09. The minimum Gasteiger partial charge on any atom is -0.469 e. The van der Waals surface area contributed by atoms with Gasteiger partial charge in [0.15, 0.2) is 5.96 Å². The van der Waals surface area contributed by atoms with Crippen LogP contribution in [0.5, 0.6) is 5.75 Å². The Balaban J connectivity index is 2.83. The molecule has 0 radical (unpaired) electrons. The molecule has 0 heterocycles. The average molecular weight is 378 g/mol. The third-order valence-corrected chi connectivity index (χ3v) is 3.40. The van der Waals surface area contributed by atoms with Crippen LogP contribution in [0.15, 0.2) is 23.2 Å². The van der Waals surface area contributed by atoms with Crippen LogP contribution in [-0.4, -0.2) is 38.7 Å². The number of rotatable bonds is 8. The predicted octanol–water partition coefficient (Wildman–Crippen LogP) is 2.81. The molecule has 0 bridgehead atoms. The van der Waals surface area contributed by atoms with Gasteiger partial charge >= 0.3 is 12.6 Å². The van der Waals surface area contributed by atoms with Gasteiger partial charge in [0, 0.05) is 23.7 Å². The van der Waals surface area contributed by atoms with Crippen molar-refractivity contribution in [2.24, 2.45) is 10.9 Å². The molecule has 0 saturated heterocycles. The average Bonchev–Trinajstić information content (AvgIpc) is 2.57. The number of hydrogen-bond acceptors (Lipinski definition) is 4. The van der Waals surface area contributed by atoms with Crippen molar-refractivity contribution >= 4 is 23.5 Å². The molecule has 0 fully saturated rings. The molecule has 1 atom stereocenters. The van der Waals surface area contributed by atoms with Crippen molar-refractivity contribution in [1.29, 1.82) is 0 Å². The quantitative estimate of drug-likeness (QED) is 0.414. The minimum absolute atomic E-state index is 0.0157. The Labute approximate surface area is 150 Å². The Morgan fingerprint density at radius 1 is 1.36 bits per heavy atom. The van der Waals surface area contributed by atoms with Crippen LogP contribution < -0.4 is 15.4 Å². The maximum Gasteiger partial charge on any atom is 0.387 e. The third-order valence-electron chi connectivity index (χ3n) is 3.17. The topological polar surface area (TPSA) is 72.0 Å². The Kier molecular flexibility index (Phi) is 8.98. The fourth-order valence-corrected chi connectivity index (χ4v) is 2.12. The molecule has 1 unspecified atom stereocenters. The molecule has 0 amide bonds. The molecule has 0 aliphatic heterocycles. The van der Waals surface area contributed by atoms with Crippen molar-refractivity contribution in [3.8, 4) is 5.75 Å². The van der Waals surface area contributed by atoms with E-state index in [-0.39, 0.29) is 24.2 Å². The van der Waals surface area contributed by atoms with Gasteiger partial charge in [-0.1, -0.05) is 18.5 Å². The number of esters is 1. The third kappa shape index (κ3) is 7.55. The monoisotopic (exact) mass is 377 g/mol. The molecule has 25 heavy (non-hydrogen) atoms. The van der Waals surface area contributed by atoms with Crippen LogP contribution in [0.25, 0.3) is 0 Å². The Morgan fingerprint density at radius 3 is 2.68 bits per heavy atom. The maximum atomic E-state index is 12.5. The van der Waals surface area contributed by atoms with Gasteiger partial charge in [-0.25, -0.2) is 4.99 Å². The van der Waals surface area contributed by atoms with E-state index in [9.17, 15) is 13.6 Å². The number of benzene rings is 1. The van der Waals surface area contributed by atoms with Gasteiger partial charge in [-0.05, 0) is 25.1 Å². The molecule has 0 aromatic heterocycles. The van der Waals surface area contributed by atoms with Crippen molar-refractivity contribution < 1.29 is 23.0 Å². The van der Waals surface area contributed by atoms with Gasteiger partial charge in [0.1, 0.15) is 5.75 Å². The van der Waals surface area contributed by atoms with Crippen LogP contribution in [0.2, 0.25) is 5.02 Å². The molecule has 1 aromatic rings. The van der Waals surface area contributed by atoms with Crippen LogP contribution in [0.4, 0.5) is 8.78 Å². The SMILES string of the molecule is CCNC(=NCc1cc(Cl)ccc1OC(F)F)NCC(C)C(=O)OC. The number of carbonyl (C=O) groups excluding carboxylic acids is 1. The number of alkyl halides is 2. The first-order chi connectivity index (χ1) is 11.9. The first-order valence-corrected chi connectivity index (χ1v) is 8.08. The molecule has 140 valence electrons. The van der Waals surface area contributed by atoms with Crippen LogP contribution >= 0.6 is 11.6 Å². The molecule has 0 spiro atoms. The fourth-order valence-electron chi connectivity index (χ4n) is 1.92. The van der Waals surface area contributed by atoms with Gasteiger partial charge in [0.05, 0.1) is 19.6 Å². The van der Waals surface area contributed by atoms with Gasteiger partial charge in [0.25, 0.3) is 0 Å². The van der Waals surface area contributed by atoms with Gasteiger partial charge in [-0.2, -0.15) is 8.78 Å². The van der Waals surface area contributed by atoms with Crippen LogP contribution in [0, 0.1) is 5.92 Å². The smallest absolute Gasteiger partial charge is 0.387 e. The fraction of sp³-hybridized carbons (Fsp3) is 0.500. The summed E-state index contributed by atoms with van der Waals surface area (Å²) in [4.78, 5) is 15.7. The summed E-state index contributed by atoms with van der Waals surface area (Å²) in [5, 5.41) is 6.39. The maximum absolute atomic E-state index is 12.5. The van der Waals surface area contributed by atoms with Gasteiger partial charge in [-0.15, -0.1) is 0 Å². The summed E-state index contributed by atoms with van der Waals surface area (Å²) in [5.41, 5.74) is 0.422. The van der Waals surface area contributed by atoms with E-state index in [1.54, 1.807) is 6.92 Å². The second-order valence-corrected chi connectivity index (χ2v) is 5.57. The summed E-state index contributed by atoms with van der Waals surface area (Å²) in [6.45, 7) is 1.64. The second-order valence-electron chi connectivity index (χ2n) is 5.13. The lowest BCUT2D eigenvalue weighted by Crippen LogP contribution is -2.40. The first-order valence-electron chi connectivity index (χ1n) is 7.70. The zero-order valence-electron chi connectivity index (χ0n) is 14.3. The number of aliphatic imine (C=N–C) groups is 1. The summed E-state index contributed by atoms with van der Waals surface area (Å²) in [6.07, 6.45) is 0. The minimum atomic E-state index is -2.93. The number of halogens is 3. The van der Waals surface area contributed by atoms with Crippen molar-refractivity contribution in [3.63, 3.8) is 0 Å². The number of carbonyl (C=O) groups is 1. The van der Waals surface area contributed by atoms with Crippen LogP contribution in [0.1, 0.15) is 19.4 Å². The predicted molar refractivity (Wildman–Crippen MR) is 92.1 cm³/mol. The number of nitrogens with one attached hydrogen (secondary N) is 2. The number of ether oxygens (including phenoxy) is 2.